The number of likely N-dealkylation sites (tertiary alicyclic amines) is 1. The van der Waals surface area contributed by atoms with E-state index in [1.54, 1.807) is 48.2 Å². The van der Waals surface area contributed by atoms with Crippen molar-refractivity contribution in [1.29, 1.82) is 0 Å². The van der Waals surface area contributed by atoms with E-state index in [4.69, 9.17) is 4.74 Å². The molecule has 7 nitrogen and oxygen atoms in total. The quantitative estimate of drug-likeness (QED) is 0.821. The highest BCUT2D eigenvalue weighted by Crippen LogP contribution is 2.18. The topological polar surface area (TPSA) is 88.6 Å². The molecular weight excluding hydrogens is 346 g/mol. The average Bonchev–Trinajstić information content (AvgIpc) is 3.23. The summed E-state index contributed by atoms with van der Waals surface area (Å²) in [5, 5.41) is 2.67. The van der Waals surface area contributed by atoms with Gasteiger partial charge in [-0.3, -0.25) is 9.59 Å². The summed E-state index contributed by atoms with van der Waals surface area (Å²) in [6.07, 6.45) is 1.97. The van der Waals surface area contributed by atoms with Crippen molar-refractivity contribution >= 4 is 23.5 Å². The summed E-state index contributed by atoms with van der Waals surface area (Å²) in [5.74, 6) is -1.18. The number of para-hydroxylation sites is 1. The fourth-order valence-corrected chi connectivity index (χ4v) is 2.93. The minimum atomic E-state index is -0.515. The number of hydrogen-bond acceptors (Lipinski definition) is 5. The number of benzene rings is 1. The first-order valence-electron chi connectivity index (χ1n) is 8.94. The van der Waals surface area contributed by atoms with Gasteiger partial charge in [0.2, 0.25) is 0 Å². The Morgan fingerprint density at radius 2 is 1.74 bits per heavy atom. The molecule has 1 aromatic heterocycles. The zero-order valence-electron chi connectivity index (χ0n) is 15.1. The number of ether oxygens (including phenoxy) is 1. The van der Waals surface area contributed by atoms with Crippen LogP contribution >= 0.6 is 0 Å². The lowest BCUT2D eigenvalue weighted by Crippen LogP contribution is -2.29. The van der Waals surface area contributed by atoms with Gasteiger partial charge in [0.05, 0.1) is 17.9 Å². The summed E-state index contributed by atoms with van der Waals surface area (Å²) in [6, 6.07) is 11.3. The molecule has 140 valence electrons. The van der Waals surface area contributed by atoms with Crippen molar-refractivity contribution in [3.05, 3.63) is 59.4 Å². The maximum Gasteiger partial charge on any atom is 0.340 e. The second-order valence-electron chi connectivity index (χ2n) is 6.13. The van der Waals surface area contributed by atoms with Crippen LogP contribution in [0.15, 0.2) is 42.5 Å². The minimum absolute atomic E-state index is 0.110. The molecule has 2 aromatic rings. The zero-order chi connectivity index (χ0) is 19.2. The number of rotatable bonds is 5. The lowest BCUT2D eigenvalue weighted by atomic mass is 10.1. The van der Waals surface area contributed by atoms with Gasteiger partial charge in [-0.15, -0.1) is 0 Å². The summed E-state index contributed by atoms with van der Waals surface area (Å²) in [7, 11) is 0. The predicted octanol–water partition coefficient (Wildman–Crippen LogP) is 2.75. The minimum Gasteiger partial charge on any atom is -0.462 e. The first-order chi connectivity index (χ1) is 13.1. The molecule has 0 saturated carbocycles. The van der Waals surface area contributed by atoms with Crippen molar-refractivity contribution < 1.29 is 19.1 Å². The normalized spacial score (nSPS) is 13.3. The molecule has 0 atom stereocenters. The van der Waals surface area contributed by atoms with Gasteiger partial charge in [0.1, 0.15) is 11.4 Å². The van der Waals surface area contributed by atoms with Gasteiger partial charge in [-0.25, -0.2) is 9.78 Å². The van der Waals surface area contributed by atoms with Gasteiger partial charge in [-0.05, 0) is 44.0 Å². The largest absolute Gasteiger partial charge is 0.462 e. The Kier molecular flexibility index (Phi) is 5.80. The molecule has 1 N–H and O–H groups in total. The van der Waals surface area contributed by atoms with Gasteiger partial charge in [-0.2, -0.15) is 0 Å². The van der Waals surface area contributed by atoms with Crippen LogP contribution in [0, 0.1) is 0 Å². The van der Waals surface area contributed by atoms with Crippen LogP contribution in [0.4, 0.5) is 5.69 Å². The van der Waals surface area contributed by atoms with Crippen LogP contribution in [-0.4, -0.2) is 47.4 Å². The van der Waals surface area contributed by atoms with E-state index in [0.717, 1.165) is 12.8 Å². The summed E-state index contributed by atoms with van der Waals surface area (Å²) in [6.45, 7) is 3.38. The number of hydrogen-bond donors (Lipinski definition) is 1. The third kappa shape index (κ3) is 4.31. The number of amides is 2. The first-order valence-corrected chi connectivity index (χ1v) is 8.94. The number of esters is 1. The van der Waals surface area contributed by atoms with Crippen molar-refractivity contribution in [2.75, 3.05) is 25.0 Å². The van der Waals surface area contributed by atoms with Crippen LogP contribution < -0.4 is 5.32 Å². The van der Waals surface area contributed by atoms with Gasteiger partial charge >= 0.3 is 5.97 Å². The van der Waals surface area contributed by atoms with E-state index in [2.05, 4.69) is 10.3 Å². The van der Waals surface area contributed by atoms with E-state index in [1.165, 1.54) is 6.07 Å². The van der Waals surface area contributed by atoms with Crippen molar-refractivity contribution in [2.24, 2.45) is 0 Å². The Morgan fingerprint density at radius 1 is 1.04 bits per heavy atom. The molecule has 1 fully saturated rings. The molecule has 27 heavy (non-hydrogen) atoms. The van der Waals surface area contributed by atoms with Crippen molar-refractivity contribution in [3.8, 4) is 0 Å². The van der Waals surface area contributed by atoms with Crippen LogP contribution in [0.3, 0.4) is 0 Å². The van der Waals surface area contributed by atoms with Gasteiger partial charge in [0.15, 0.2) is 0 Å². The fourth-order valence-electron chi connectivity index (χ4n) is 2.93. The molecule has 0 radical (unpaired) electrons. The van der Waals surface area contributed by atoms with Crippen LogP contribution in [0.1, 0.15) is 51.1 Å². The molecule has 2 heterocycles. The maximum atomic E-state index is 12.6. The smallest absolute Gasteiger partial charge is 0.340 e. The van der Waals surface area contributed by atoms with Crippen molar-refractivity contribution in [3.63, 3.8) is 0 Å². The highest BCUT2D eigenvalue weighted by molar-refractivity contribution is 6.07. The molecule has 2 amide bonds. The molecule has 0 aliphatic carbocycles. The van der Waals surface area contributed by atoms with Gasteiger partial charge in [0, 0.05) is 13.1 Å². The molecule has 0 spiro atoms. The molecule has 3 rings (SSSR count). The highest BCUT2D eigenvalue weighted by atomic mass is 16.5. The monoisotopic (exact) mass is 367 g/mol. The molecule has 0 bridgehead atoms. The Balaban J connectivity index is 1.78. The fraction of sp³-hybridized carbons (Fsp3) is 0.300. The lowest BCUT2D eigenvalue weighted by Gasteiger charge is -2.15. The number of carbonyl (C=O) groups excluding carboxylic acids is 3. The van der Waals surface area contributed by atoms with Crippen LogP contribution in [-0.2, 0) is 4.74 Å². The molecule has 1 aliphatic rings. The van der Waals surface area contributed by atoms with E-state index in [1.807, 2.05) is 0 Å². The molecular formula is C20H21N3O4. The summed E-state index contributed by atoms with van der Waals surface area (Å²) in [5.41, 5.74) is 0.943. The summed E-state index contributed by atoms with van der Waals surface area (Å²) in [4.78, 5) is 43.0. The molecule has 0 unspecified atom stereocenters. The second kappa shape index (κ2) is 8.44. The van der Waals surface area contributed by atoms with Gasteiger partial charge in [0.25, 0.3) is 11.8 Å². The van der Waals surface area contributed by atoms with E-state index >= 15 is 0 Å². The number of carbonyl (C=O) groups is 3. The third-order valence-electron chi connectivity index (χ3n) is 4.26. The van der Waals surface area contributed by atoms with E-state index in [0.29, 0.717) is 18.8 Å². The number of nitrogens with zero attached hydrogens (tertiary/aromatic N) is 2. The van der Waals surface area contributed by atoms with Crippen LogP contribution in [0.2, 0.25) is 0 Å². The van der Waals surface area contributed by atoms with Crippen molar-refractivity contribution in [1.82, 2.24) is 9.88 Å². The summed E-state index contributed by atoms with van der Waals surface area (Å²) >= 11 is 0. The third-order valence-corrected chi connectivity index (χ3v) is 4.26. The standard InChI is InChI=1S/C20H21N3O4/c1-2-27-20(26)14-8-3-4-9-15(14)22-18(24)16-10-7-11-17(21-16)19(25)23-12-5-6-13-23/h3-4,7-11H,2,5-6,12-13H2,1H3,(H,22,24). The number of anilines is 1. The zero-order valence-corrected chi connectivity index (χ0v) is 15.1. The highest BCUT2D eigenvalue weighted by Gasteiger charge is 2.22. The SMILES string of the molecule is CCOC(=O)c1ccccc1NC(=O)c1cccc(C(=O)N2CCCC2)n1. The molecule has 1 aromatic carbocycles. The Labute approximate surface area is 157 Å². The average molecular weight is 367 g/mol. The number of aromatic nitrogens is 1. The molecule has 1 saturated heterocycles. The molecule has 1 aliphatic heterocycles. The van der Waals surface area contributed by atoms with E-state index in [-0.39, 0.29) is 29.5 Å². The van der Waals surface area contributed by atoms with Crippen LogP contribution in [0.5, 0.6) is 0 Å². The maximum absolute atomic E-state index is 12.6. The van der Waals surface area contributed by atoms with E-state index in [9.17, 15) is 14.4 Å². The van der Waals surface area contributed by atoms with Gasteiger partial charge < -0.3 is 15.0 Å². The number of nitrogens with one attached hydrogen (secondary N) is 1. The number of pyridine rings is 1. The van der Waals surface area contributed by atoms with Gasteiger partial charge in [-0.1, -0.05) is 18.2 Å². The predicted molar refractivity (Wildman–Crippen MR) is 99.7 cm³/mol. The first kappa shape index (κ1) is 18.6. The Bertz CT molecular complexity index is 860. The second-order valence-corrected chi connectivity index (χ2v) is 6.13. The molecule has 7 heteroatoms. The summed E-state index contributed by atoms with van der Waals surface area (Å²) < 4.78 is 5.01. The Morgan fingerprint density at radius 3 is 2.48 bits per heavy atom. The van der Waals surface area contributed by atoms with Crippen LogP contribution in [0.25, 0.3) is 0 Å². The lowest BCUT2D eigenvalue weighted by molar-refractivity contribution is 0.0527. The van der Waals surface area contributed by atoms with Crippen molar-refractivity contribution in [2.45, 2.75) is 19.8 Å². The van der Waals surface area contributed by atoms with E-state index < -0.39 is 11.9 Å². The Hall–Kier alpha value is -3.22.